The van der Waals surface area contributed by atoms with E-state index in [0.717, 1.165) is 15.4 Å². The molecule has 0 spiro atoms. The fourth-order valence-electron chi connectivity index (χ4n) is 2.55. The van der Waals surface area contributed by atoms with Crippen molar-refractivity contribution in [2.75, 3.05) is 0 Å². The van der Waals surface area contributed by atoms with E-state index in [1.165, 1.54) is 17.4 Å². The zero-order valence-electron chi connectivity index (χ0n) is 13.1. The molecule has 1 N–H and O–H groups in total. The molecular formula is C19H14FN3OS. The van der Waals surface area contributed by atoms with Crippen molar-refractivity contribution in [1.29, 1.82) is 0 Å². The van der Waals surface area contributed by atoms with Gasteiger partial charge in [0.25, 0.3) is 5.91 Å². The molecule has 0 bridgehead atoms. The van der Waals surface area contributed by atoms with Gasteiger partial charge in [0.2, 0.25) is 0 Å². The smallest absolute Gasteiger partial charge is 0.271 e. The van der Waals surface area contributed by atoms with Crippen LogP contribution in [0.1, 0.15) is 16.1 Å². The van der Waals surface area contributed by atoms with E-state index in [4.69, 9.17) is 0 Å². The molecule has 0 aliphatic rings. The number of carbonyl (C=O) groups excluding carboxylic acids is 1. The van der Waals surface area contributed by atoms with E-state index in [-0.39, 0.29) is 18.3 Å². The maximum Gasteiger partial charge on any atom is 0.271 e. The van der Waals surface area contributed by atoms with Gasteiger partial charge in [-0.2, -0.15) is 0 Å². The van der Waals surface area contributed by atoms with Crippen molar-refractivity contribution < 1.29 is 9.18 Å². The Hall–Kier alpha value is -2.99. The maximum atomic E-state index is 13.6. The third kappa shape index (κ3) is 3.16. The molecule has 124 valence electrons. The highest BCUT2D eigenvalue weighted by molar-refractivity contribution is 7.20. The van der Waals surface area contributed by atoms with Crippen LogP contribution >= 0.6 is 11.3 Å². The van der Waals surface area contributed by atoms with Crippen LogP contribution in [-0.2, 0) is 6.54 Å². The zero-order valence-corrected chi connectivity index (χ0v) is 14.0. The third-order valence-corrected chi connectivity index (χ3v) is 4.89. The number of rotatable bonds is 4. The van der Waals surface area contributed by atoms with Crippen LogP contribution in [0, 0.1) is 5.82 Å². The quantitative estimate of drug-likeness (QED) is 0.601. The van der Waals surface area contributed by atoms with E-state index >= 15 is 0 Å². The Kier molecular flexibility index (Phi) is 4.03. The lowest BCUT2D eigenvalue weighted by molar-refractivity contribution is 0.0946. The molecular weight excluding hydrogens is 337 g/mol. The first-order valence-corrected chi connectivity index (χ1v) is 8.58. The van der Waals surface area contributed by atoms with Crippen molar-refractivity contribution in [3.63, 3.8) is 0 Å². The van der Waals surface area contributed by atoms with E-state index in [1.54, 1.807) is 24.4 Å². The first-order chi connectivity index (χ1) is 12.2. The third-order valence-electron chi connectivity index (χ3n) is 3.84. The summed E-state index contributed by atoms with van der Waals surface area (Å²) < 4.78 is 15.4. The van der Waals surface area contributed by atoms with E-state index < -0.39 is 0 Å². The molecule has 6 heteroatoms. The lowest BCUT2D eigenvalue weighted by Crippen LogP contribution is -2.23. The Labute approximate surface area is 147 Å². The van der Waals surface area contributed by atoms with Gasteiger partial charge in [-0.15, -0.1) is 0 Å². The highest BCUT2D eigenvalue weighted by Gasteiger charge is 2.14. The summed E-state index contributed by atoms with van der Waals surface area (Å²) in [5.74, 6) is -0.651. The minimum atomic E-state index is -0.332. The van der Waals surface area contributed by atoms with Crippen molar-refractivity contribution >= 4 is 22.2 Å². The van der Waals surface area contributed by atoms with Crippen molar-refractivity contribution in [3.05, 3.63) is 84.1 Å². The second kappa shape index (κ2) is 6.49. The number of fused-ring (bicyclic) bond motifs is 1. The monoisotopic (exact) mass is 351 g/mol. The van der Waals surface area contributed by atoms with E-state index in [0.29, 0.717) is 11.3 Å². The number of amides is 1. The van der Waals surface area contributed by atoms with Crippen LogP contribution in [0.5, 0.6) is 0 Å². The molecule has 0 radical (unpaired) electrons. The van der Waals surface area contributed by atoms with Crippen LogP contribution in [0.15, 0.2) is 67.0 Å². The normalized spacial score (nSPS) is 10.9. The molecule has 0 saturated carbocycles. The molecule has 1 amide bonds. The summed E-state index contributed by atoms with van der Waals surface area (Å²) in [6, 6.07) is 16.4. The largest absolute Gasteiger partial charge is 0.346 e. The first kappa shape index (κ1) is 15.5. The Bertz CT molecular complexity index is 1010. The average molecular weight is 351 g/mol. The van der Waals surface area contributed by atoms with Gasteiger partial charge in [-0.05, 0) is 11.6 Å². The van der Waals surface area contributed by atoms with Gasteiger partial charge in [0.05, 0.1) is 4.88 Å². The van der Waals surface area contributed by atoms with Gasteiger partial charge in [0, 0.05) is 24.5 Å². The van der Waals surface area contributed by atoms with Crippen LogP contribution < -0.4 is 5.32 Å². The molecule has 2 aromatic carbocycles. The maximum absolute atomic E-state index is 13.6. The molecule has 2 heterocycles. The number of thiazole rings is 1. The van der Waals surface area contributed by atoms with Gasteiger partial charge in [-0.3, -0.25) is 9.20 Å². The second-order valence-electron chi connectivity index (χ2n) is 5.55. The number of halogens is 1. The van der Waals surface area contributed by atoms with Gasteiger partial charge >= 0.3 is 0 Å². The second-order valence-corrected chi connectivity index (χ2v) is 6.56. The highest BCUT2D eigenvalue weighted by atomic mass is 32.1. The van der Waals surface area contributed by atoms with Crippen LogP contribution in [-0.4, -0.2) is 15.3 Å². The number of hydrogen-bond acceptors (Lipinski definition) is 3. The molecule has 0 atom stereocenters. The van der Waals surface area contributed by atoms with Crippen LogP contribution in [0.4, 0.5) is 4.39 Å². The number of nitrogens with one attached hydrogen (secondary N) is 1. The molecule has 25 heavy (non-hydrogen) atoms. The molecule has 4 nitrogen and oxygen atoms in total. The zero-order chi connectivity index (χ0) is 17.2. The van der Waals surface area contributed by atoms with Crippen molar-refractivity contribution in [1.82, 2.24) is 14.7 Å². The lowest BCUT2D eigenvalue weighted by Gasteiger charge is -2.04. The van der Waals surface area contributed by atoms with Crippen LogP contribution in [0.3, 0.4) is 0 Å². The van der Waals surface area contributed by atoms with Crippen molar-refractivity contribution in [2.24, 2.45) is 0 Å². The summed E-state index contributed by atoms with van der Waals surface area (Å²) in [6.45, 7) is 0.131. The van der Waals surface area contributed by atoms with Crippen molar-refractivity contribution in [2.45, 2.75) is 6.54 Å². The topological polar surface area (TPSA) is 46.4 Å². The summed E-state index contributed by atoms with van der Waals surface area (Å²) in [6.07, 6.45) is 3.64. The fraction of sp³-hybridized carbons (Fsp3) is 0.0526. The van der Waals surface area contributed by atoms with Crippen LogP contribution in [0.25, 0.3) is 15.4 Å². The predicted molar refractivity (Wildman–Crippen MR) is 96.1 cm³/mol. The number of hydrogen-bond donors (Lipinski definition) is 1. The molecule has 4 rings (SSSR count). The minimum absolute atomic E-state index is 0.131. The van der Waals surface area contributed by atoms with Crippen LogP contribution in [0.2, 0.25) is 0 Å². The van der Waals surface area contributed by atoms with E-state index in [1.807, 2.05) is 40.9 Å². The van der Waals surface area contributed by atoms with Gasteiger partial charge < -0.3 is 5.32 Å². The molecule has 2 aromatic heterocycles. The molecule has 0 fully saturated rings. The van der Waals surface area contributed by atoms with E-state index in [9.17, 15) is 9.18 Å². The number of aromatic nitrogens is 2. The lowest BCUT2D eigenvalue weighted by atomic mass is 10.2. The molecule has 0 aliphatic carbocycles. The summed E-state index contributed by atoms with van der Waals surface area (Å²) in [7, 11) is 0. The molecule has 0 aliphatic heterocycles. The summed E-state index contributed by atoms with van der Waals surface area (Å²) >= 11 is 1.52. The first-order valence-electron chi connectivity index (χ1n) is 7.76. The molecule has 4 aromatic rings. The Morgan fingerprint density at radius 2 is 1.84 bits per heavy atom. The summed E-state index contributed by atoms with van der Waals surface area (Å²) in [4.78, 5) is 18.4. The fourth-order valence-corrected chi connectivity index (χ4v) is 3.52. The molecule has 0 unspecified atom stereocenters. The number of nitrogens with zero attached hydrogens (tertiary/aromatic N) is 2. The summed E-state index contributed by atoms with van der Waals surface area (Å²) in [5, 5.41) is 2.70. The standard InChI is InChI=1S/C19H14FN3OS/c20-15-9-5-4-8-14(15)10-21-18(24)16-11-23-12-17(25-19(23)22-16)13-6-2-1-3-7-13/h1-9,11-12H,10H2,(H,21,24). The number of carbonyl (C=O) groups is 1. The van der Waals surface area contributed by atoms with Gasteiger partial charge in [0.1, 0.15) is 11.5 Å². The number of benzene rings is 2. The van der Waals surface area contributed by atoms with Gasteiger partial charge in [-0.1, -0.05) is 59.9 Å². The SMILES string of the molecule is O=C(NCc1ccccc1F)c1cn2cc(-c3ccccc3)sc2n1. The minimum Gasteiger partial charge on any atom is -0.346 e. The van der Waals surface area contributed by atoms with E-state index in [2.05, 4.69) is 10.3 Å². The molecule has 0 saturated heterocycles. The Balaban J connectivity index is 1.51. The van der Waals surface area contributed by atoms with Crippen molar-refractivity contribution in [3.8, 4) is 10.4 Å². The van der Waals surface area contributed by atoms with Gasteiger partial charge in [-0.25, -0.2) is 9.37 Å². The average Bonchev–Trinajstić information content (AvgIpc) is 3.21. The Morgan fingerprint density at radius 3 is 2.60 bits per heavy atom. The summed E-state index contributed by atoms with van der Waals surface area (Å²) in [5.41, 5.74) is 1.88. The predicted octanol–water partition coefficient (Wildman–Crippen LogP) is 4.13. The number of imidazole rings is 1. The highest BCUT2D eigenvalue weighted by Crippen LogP contribution is 2.28. The van der Waals surface area contributed by atoms with Gasteiger partial charge in [0.15, 0.2) is 4.96 Å². The Morgan fingerprint density at radius 1 is 1.08 bits per heavy atom.